The lowest BCUT2D eigenvalue weighted by atomic mass is 10.2. The van der Waals surface area contributed by atoms with Crippen molar-refractivity contribution in [2.45, 2.75) is 6.54 Å². The highest BCUT2D eigenvalue weighted by molar-refractivity contribution is 6.03. The molecule has 120 valence electrons. The number of halogens is 1. The van der Waals surface area contributed by atoms with Crippen molar-refractivity contribution < 1.29 is 14.2 Å². The fourth-order valence-electron chi connectivity index (χ4n) is 2.20. The summed E-state index contributed by atoms with van der Waals surface area (Å²) in [6.07, 6.45) is 1.64. The molecular formula is C19H17FN3O+. The third-order valence-corrected chi connectivity index (χ3v) is 3.50. The highest BCUT2D eigenvalue weighted by Crippen LogP contribution is 2.09. The highest BCUT2D eigenvalue weighted by atomic mass is 19.1. The van der Waals surface area contributed by atoms with Crippen molar-refractivity contribution in [3.8, 4) is 0 Å². The number of aromatic amines is 1. The maximum atomic E-state index is 12.9. The predicted molar refractivity (Wildman–Crippen MR) is 91.1 cm³/mol. The zero-order chi connectivity index (χ0) is 16.8. The van der Waals surface area contributed by atoms with Crippen molar-refractivity contribution in [3.63, 3.8) is 0 Å². The van der Waals surface area contributed by atoms with E-state index in [-0.39, 0.29) is 11.7 Å². The predicted octanol–water partition coefficient (Wildman–Crippen LogP) is 3.50. The number of hydrogen-bond donors (Lipinski definition) is 2. The van der Waals surface area contributed by atoms with E-state index in [1.54, 1.807) is 30.5 Å². The van der Waals surface area contributed by atoms with Crippen LogP contribution in [0.5, 0.6) is 0 Å². The molecule has 0 radical (unpaired) electrons. The lowest BCUT2D eigenvalue weighted by Gasteiger charge is -2.04. The average Bonchev–Trinajstić information content (AvgIpc) is 2.62. The van der Waals surface area contributed by atoms with Crippen molar-refractivity contribution >= 4 is 17.4 Å². The molecule has 3 aromatic rings. The first kappa shape index (κ1) is 15.7. The van der Waals surface area contributed by atoms with E-state index in [4.69, 9.17) is 0 Å². The highest BCUT2D eigenvalue weighted by Gasteiger charge is 2.09. The van der Waals surface area contributed by atoms with Gasteiger partial charge in [0.15, 0.2) is 0 Å². The molecule has 3 N–H and O–H groups in total. The van der Waals surface area contributed by atoms with Crippen LogP contribution < -0.4 is 15.6 Å². The summed E-state index contributed by atoms with van der Waals surface area (Å²) in [5.41, 5.74) is 2.25. The van der Waals surface area contributed by atoms with Crippen LogP contribution in [0.15, 0.2) is 72.9 Å². The van der Waals surface area contributed by atoms with Gasteiger partial charge in [-0.1, -0.05) is 30.3 Å². The van der Waals surface area contributed by atoms with E-state index in [1.165, 1.54) is 12.1 Å². The normalized spacial score (nSPS) is 10.2. The molecule has 0 aliphatic rings. The molecule has 0 bridgehead atoms. The summed E-state index contributed by atoms with van der Waals surface area (Å²) in [4.78, 5) is 15.2. The molecular weight excluding hydrogens is 305 g/mol. The second-order valence-corrected chi connectivity index (χ2v) is 5.29. The fourth-order valence-corrected chi connectivity index (χ4v) is 2.20. The zero-order valence-corrected chi connectivity index (χ0v) is 12.9. The van der Waals surface area contributed by atoms with Gasteiger partial charge in [0.2, 0.25) is 0 Å². The first-order valence-corrected chi connectivity index (χ1v) is 7.57. The van der Waals surface area contributed by atoms with E-state index in [0.717, 1.165) is 17.1 Å². The van der Waals surface area contributed by atoms with Crippen molar-refractivity contribution in [3.05, 3.63) is 89.9 Å². The number of aromatic nitrogens is 1. The molecule has 5 heteroatoms. The number of carbonyl (C=O) groups excluding carboxylic acids is 1. The number of H-pyrrole nitrogens is 1. The number of hydrogen-bond acceptors (Lipinski definition) is 2. The molecule has 0 spiro atoms. The Labute approximate surface area is 139 Å². The van der Waals surface area contributed by atoms with Gasteiger partial charge >= 0.3 is 0 Å². The molecule has 0 aliphatic heterocycles. The summed E-state index contributed by atoms with van der Waals surface area (Å²) < 4.78 is 12.9. The molecule has 3 rings (SSSR count). The Morgan fingerprint density at radius 1 is 0.958 bits per heavy atom. The summed E-state index contributed by atoms with van der Waals surface area (Å²) in [7, 11) is 0. The average molecular weight is 322 g/mol. The molecule has 0 unspecified atom stereocenters. The van der Waals surface area contributed by atoms with E-state index >= 15 is 0 Å². The number of anilines is 2. The standard InChI is InChI=1S/C19H16FN3O/c20-16-9-6-14(7-10-16)12-21-18-11-8-15(13-22-18)19(24)23-17-4-2-1-3-5-17/h1-11,13H,12H2,(H,21,22)(H,23,24)/p+1. The molecule has 1 amide bonds. The SMILES string of the molecule is O=C(Nc1ccccc1)c1ccc(NCc2ccc(F)cc2)[nH+]c1. The van der Waals surface area contributed by atoms with Crippen LogP contribution in [-0.4, -0.2) is 5.91 Å². The van der Waals surface area contributed by atoms with E-state index in [2.05, 4.69) is 15.6 Å². The molecule has 1 aromatic heterocycles. The van der Waals surface area contributed by atoms with Gasteiger partial charge in [0.1, 0.15) is 18.6 Å². The number of pyridine rings is 1. The van der Waals surface area contributed by atoms with E-state index in [0.29, 0.717) is 12.1 Å². The Morgan fingerprint density at radius 2 is 1.71 bits per heavy atom. The minimum Gasteiger partial charge on any atom is -0.322 e. The van der Waals surface area contributed by atoms with Gasteiger partial charge in [-0.2, -0.15) is 0 Å². The Kier molecular flexibility index (Phi) is 4.81. The largest absolute Gasteiger partial charge is 0.322 e. The van der Waals surface area contributed by atoms with E-state index in [1.807, 2.05) is 30.3 Å². The van der Waals surface area contributed by atoms with Crippen molar-refractivity contribution in [2.75, 3.05) is 10.6 Å². The third-order valence-electron chi connectivity index (χ3n) is 3.50. The van der Waals surface area contributed by atoms with Gasteiger partial charge in [-0.05, 0) is 35.9 Å². The third kappa shape index (κ3) is 4.16. The molecule has 0 saturated heterocycles. The quantitative estimate of drug-likeness (QED) is 0.755. The topological polar surface area (TPSA) is 55.3 Å². The van der Waals surface area contributed by atoms with Crippen LogP contribution in [0.1, 0.15) is 15.9 Å². The molecule has 0 saturated carbocycles. The molecule has 4 nitrogen and oxygen atoms in total. The van der Waals surface area contributed by atoms with Gasteiger partial charge in [-0.3, -0.25) is 10.1 Å². The minimum atomic E-state index is -0.251. The second-order valence-electron chi connectivity index (χ2n) is 5.29. The zero-order valence-electron chi connectivity index (χ0n) is 12.9. The van der Waals surface area contributed by atoms with Crippen molar-refractivity contribution in [1.29, 1.82) is 0 Å². The van der Waals surface area contributed by atoms with Crippen LogP contribution in [0.25, 0.3) is 0 Å². The number of carbonyl (C=O) groups is 1. The van der Waals surface area contributed by atoms with Crippen LogP contribution in [0.2, 0.25) is 0 Å². The Balaban J connectivity index is 1.58. The number of para-hydroxylation sites is 1. The van der Waals surface area contributed by atoms with Crippen LogP contribution in [0, 0.1) is 5.82 Å². The van der Waals surface area contributed by atoms with Crippen LogP contribution in [-0.2, 0) is 6.54 Å². The maximum absolute atomic E-state index is 12.9. The van der Waals surface area contributed by atoms with Crippen LogP contribution >= 0.6 is 0 Å². The van der Waals surface area contributed by atoms with Gasteiger partial charge in [0, 0.05) is 11.8 Å². The minimum absolute atomic E-state index is 0.178. The van der Waals surface area contributed by atoms with Crippen LogP contribution in [0.4, 0.5) is 15.9 Å². The number of rotatable bonds is 5. The summed E-state index contributed by atoms with van der Waals surface area (Å²) in [6, 6.07) is 19.1. The molecule has 1 heterocycles. The summed E-state index contributed by atoms with van der Waals surface area (Å²) >= 11 is 0. The fraction of sp³-hybridized carbons (Fsp3) is 0.0526. The smallest absolute Gasteiger partial charge is 0.272 e. The van der Waals surface area contributed by atoms with Gasteiger partial charge in [-0.25, -0.2) is 9.37 Å². The molecule has 0 atom stereocenters. The summed E-state index contributed by atoms with van der Waals surface area (Å²) in [5.74, 6) is 0.345. The lowest BCUT2D eigenvalue weighted by Crippen LogP contribution is -2.18. The number of benzene rings is 2. The number of nitrogens with one attached hydrogen (secondary N) is 3. The van der Waals surface area contributed by atoms with Gasteiger partial charge < -0.3 is 5.32 Å². The molecule has 0 fully saturated rings. The first-order chi connectivity index (χ1) is 11.7. The van der Waals surface area contributed by atoms with Crippen LogP contribution in [0.3, 0.4) is 0 Å². The van der Waals surface area contributed by atoms with Gasteiger partial charge in [0.25, 0.3) is 11.7 Å². The van der Waals surface area contributed by atoms with Gasteiger partial charge in [-0.15, -0.1) is 0 Å². The Hall–Kier alpha value is -3.21. The van der Waals surface area contributed by atoms with E-state index in [9.17, 15) is 9.18 Å². The van der Waals surface area contributed by atoms with Crippen molar-refractivity contribution in [1.82, 2.24) is 0 Å². The summed E-state index contributed by atoms with van der Waals surface area (Å²) in [6.45, 7) is 0.562. The monoisotopic (exact) mass is 322 g/mol. The summed E-state index contributed by atoms with van der Waals surface area (Å²) in [5, 5.41) is 6.01. The Bertz CT molecular complexity index is 802. The Morgan fingerprint density at radius 3 is 2.38 bits per heavy atom. The van der Waals surface area contributed by atoms with E-state index < -0.39 is 0 Å². The molecule has 0 aliphatic carbocycles. The maximum Gasteiger partial charge on any atom is 0.272 e. The van der Waals surface area contributed by atoms with Crippen molar-refractivity contribution in [2.24, 2.45) is 0 Å². The lowest BCUT2D eigenvalue weighted by molar-refractivity contribution is -0.361. The second kappa shape index (κ2) is 7.37. The molecule has 24 heavy (non-hydrogen) atoms. The van der Waals surface area contributed by atoms with Gasteiger partial charge in [0.05, 0.1) is 5.56 Å². The first-order valence-electron chi connectivity index (χ1n) is 7.57. The molecule has 2 aromatic carbocycles. The number of amides is 1.